The van der Waals surface area contributed by atoms with E-state index in [-0.39, 0.29) is 11.3 Å². The maximum atomic E-state index is 4.91. The second kappa shape index (κ2) is 10.7. The zero-order valence-electron chi connectivity index (χ0n) is 22.8. The van der Waals surface area contributed by atoms with Gasteiger partial charge in [-0.15, -0.1) is 6.58 Å². The summed E-state index contributed by atoms with van der Waals surface area (Å²) in [6.07, 6.45) is 29.6. The molecule has 1 aromatic rings. The number of aliphatic imine (C=N–C) groups is 1. The van der Waals surface area contributed by atoms with E-state index in [0.29, 0.717) is 5.92 Å². The summed E-state index contributed by atoms with van der Waals surface area (Å²) in [7, 11) is 0. The topological polar surface area (TPSA) is 12.4 Å². The molecule has 4 atom stereocenters. The molecule has 0 saturated heterocycles. The quantitative estimate of drug-likeness (QED) is 0.268. The summed E-state index contributed by atoms with van der Waals surface area (Å²) in [5.41, 5.74) is 10.5. The molecule has 5 rings (SSSR count). The van der Waals surface area contributed by atoms with Crippen molar-refractivity contribution in [3.63, 3.8) is 0 Å². The third-order valence-corrected chi connectivity index (χ3v) is 8.64. The van der Waals surface area contributed by atoms with E-state index in [1.54, 1.807) is 0 Å². The molecule has 0 saturated carbocycles. The Bertz CT molecular complexity index is 1300. The maximum absolute atomic E-state index is 4.91. The van der Waals surface area contributed by atoms with Crippen molar-refractivity contribution in [1.29, 1.82) is 0 Å². The molecule has 0 amide bonds. The van der Waals surface area contributed by atoms with Crippen LogP contribution in [0, 0.1) is 17.8 Å². The number of rotatable bonds is 7. The summed E-state index contributed by atoms with van der Waals surface area (Å²) in [5.74, 6) is 1.45. The fourth-order valence-corrected chi connectivity index (χ4v) is 6.44. The van der Waals surface area contributed by atoms with Crippen molar-refractivity contribution in [3.8, 4) is 0 Å². The summed E-state index contributed by atoms with van der Waals surface area (Å²) in [6.45, 7) is 15.2. The van der Waals surface area contributed by atoms with Gasteiger partial charge in [-0.3, -0.25) is 4.99 Å². The number of hydrogen-bond donors (Lipinski definition) is 0. The Labute approximate surface area is 224 Å². The van der Waals surface area contributed by atoms with Crippen LogP contribution in [-0.4, -0.2) is 5.71 Å². The lowest BCUT2D eigenvalue weighted by atomic mass is 9.72. The van der Waals surface area contributed by atoms with Gasteiger partial charge in [-0.05, 0) is 90.7 Å². The van der Waals surface area contributed by atoms with Crippen LogP contribution in [0.25, 0.3) is 11.6 Å². The molecule has 4 aliphatic carbocycles. The Morgan fingerprint density at radius 1 is 1.22 bits per heavy atom. The Kier molecular flexibility index (Phi) is 7.33. The summed E-state index contributed by atoms with van der Waals surface area (Å²) in [4.78, 5) is 4.91. The molecule has 0 N–H and O–H groups in total. The van der Waals surface area contributed by atoms with Gasteiger partial charge >= 0.3 is 0 Å². The van der Waals surface area contributed by atoms with E-state index in [0.717, 1.165) is 36.6 Å². The molecule has 190 valence electrons. The predicted molar refractivity (Wildman–Crippen MR) is 162 cm³/mol. The molecule has 1 aromatic carbocycles. The highest BCUT2D eigenvalue weighted by molar-refractivity contribution is 6.00. The minimum absolute atomic E-state index is 0.0129. The zero-order chi connectivity index (χ0) is 26.0. The second-order valence-corrected chi connectivity index (χ2v) is 11.4. The lowest BCUT2D eigenvalue weighted by Gasteiger charge is -2.31. The molecule has 1 spiro atoms. The van der Waals surface area contributed by atoms with Crippen LogP contribution < -0.4 is 0 Å². The summed E-state index contributed by atoms with van der Waals surface area (Å²) in [5, 5.41) is 0. The molecule has 0 aliphatic heterocycles. The van der Waals surface area contributed by atoms with Gasteiger partial charge in [0.2, 0.25) is 0 Å². The van der Waals surface area contributed by atoms with Crippen molar-refractivity contribution < 1.29 is 0 Å². The molecule has 37 heavy (non-hydrogen) atoms. The highest BCUT2D eigenvalue weighted by Crippen LogP contribution is 2.57. The van der Waals surface area contributed by atoms with Crippen molar-refractivity contribution in [2.45, 2.75) is 64.7 Å². The SMILES string of the molecule is C=CCC(/C=C\c1cccc2c1C1=CCC(C)C=C1C21C=CCC(C)CC1)C(=C)/N=C(\C)C1=CC=CC1. The first-order valence-corrected chi connectivity index (χ1v) is 14.1. The van der Waals surface area contributed by atoms with Gasteiger partial charge in [-0.25, -0.2) is 0 Å². The van der Waals surface area contributed by atoms with E-state index in [1.165, 1.54) is 52.7 Å². The van der Waals surface area contributed by atoms with E-state index < -0.39 is 0 Å². The summed E-state index contributed by atoms with van der Waals surface area (Å²) in [6, 6.07) is 6.92. The molecule has 0 radical (unpaired) electrons. The Morgan fingerprint density at radius 3 is 2.86 bits per heavy atom. The molecular formula is C36H41N. The van der Waals surface area contributed by atoms with Gasteiger partial charge < -0.3 is 0 Å². The first kappa shape index (κ1) is 25.5. The van der Waals surface area contributed by atoms with E-state index in [1.807, 2.05) is 6.08 Å². The van der Waals surface area contributed by atoms with Gasteiger partial charge in [0, 0.05) is 22.7 Å². The molecule has 1 nitrogen and oxygen atoms in total. The lowest BCUT2D eigenvalue weighted by molar-refractivity contribution is 0.472. The van der Waals surface area contributed by atoms with Crippen molar-refractivity contribution in [1.82, 2.24) is 0 Å². The fraction of sp³-hybridized carbons (Fsp3) is 0.361. The number of nitrogens with zero attached hydrogens (tertiary/aromatic N) is 1. The summed E-state index contributed by atoms with van der Waals surface area (Å²) >= 11 is 0. The average Bonchev–Trinajstić information content (AvgIpc) is 3.46. The highest BCUT2D eigenvalue weighted by Gasteiger charge is 2.45. The van der Waals surface area contributed by atoms with Crippen LogP contribution in [0.5, 0.6) is 0 Å². The third-order valence-electron chi connectivity index (χ3n) is 8.64. The molecule has 0 bridgehead atoms. The monoisotopic (exact) mass is 487 g/mol. The van der Waals surface area contributed by atoms with Crippen LogP contribution >= 0.6 is 0 Å². The normalized spacial score (nSPS) is 27.4. The number of fused-ring (bicyclic) bond motifs is 5. The Hall–Kier alpha value is -3.19. The smallest absolute Gasteiger partial charge is 0.0411 e. The largest absolute Gasteiger partial charge is 0.258 e. The molecule has 0 aromatic heterocycles. The molecular weight excluding hydrogens is 446 g/mol. The molecule has 4 unspecified atom stereocenters. The second-order valence-electron chi connectivity index (χ2n) is 11.4. The van der Waals surface area contributed by atoms with Crippen LogP contribution in [0.15, 0.2) is 108 Å². The highest BCUT2D eigenvalue weighted by atomic mass is 14.8. The average molecular weight is 488 g/mol. The van der Waals surface area contributed by atoms with E-state index in [9.17, 15) is 0 Å². The zero-order valence-corrected chi connectivity index (χ0v) is 22.8. The van der Waals surface area contributed by atoms with Gasteiger partial charge in [0.15, 0.2) is 0 Å². The van der Waals surface area contributed by atoms with Crippen LogP contribution in [0.4, 0.5) is 0 Å². The Morgan fingerprint density at radius 2 is 2.08 bits per heavy atom. The molecule has 0 fully saturated rings. The third kappa shape index (κ3) is 4.89. The van der Waals surface area contributed by atoms with Crippen molar-refractivity contribution >= 4 is 17.4 Å². The number of benzene rings is 1. The van der Waals surface area contributed by atoms with Gasteiger partial charge in [0.05, 0.1) is 0 Å². The molecule has 1 heteroatoms. The minimum Gasteiger partial charge on any atom is -0.258 e. The van der Waals surface area contributed by atoms with Crippen LogP contribution in [0.3, 0.4) is 0 Å². The Balaban J connectivity index is 1.52. The number of allylic oxidation sites excluding steroid dienone is 12. The van der Waals surface area contributed by atoms with Gasteiger partial charge in [0.1, 0.15) is 0 Å². The maximum Gasteiger partial charge on any atom is 0.0411 e. The van der Waals surface area contributed by atoms with E-state index in [4.69, 9.17) is 4.99 Å². The molecule has 0 heterocycles. The van der Waals surface area contributed by atoms with Crippen LogP contribution in [0.1, 0.15) is 76.0 Å². The minimum atomic E-state index is 0.0129. The van der Waals surface area contributed by atoms with Crippen LogP contribution in [0.2, 0.25) is 0 Å². The lowest BCUT2D eigenvalue weighted by Crippen LogP contribution is -2.23. The first-order valence-electron chi connectivity index (χ1n) is 14.1. The molecule has 4 aliphatic rings. The van der Waals surface area contributed by atoms with Gasteiger partial charge in [0.25, 0.3) is 0 Å². The van der Waals surface area contributed by atoms with Crippen molar-refractivity contribution in [2.24, 2.45) is 22.7 Å². The summed E-state index contributed by atoms with van der Waals surface area (Å²) < 4.78 is 0. The predicted octanol–water partition coefficient (Wildman–Crippen LogP) is 9.73. The van der Waals surface area contributed by atoms with E-state index >= 15 is 0 Å². The van der Waals surface area contributed by atoms with Gasteiger partial charge in [-0.2, -0.15) is 0 Å². The van der Waals surface area contributed by atoms with Crippen molar-refractivity contribution in [3.05, 3.63) is 120 Å². The van der Waals surface area contributed by atoms with Gasteiger partial charge in [-0.1, -0.05) is 99.4 Å². The van der Waals surface area contributed by atoms with Crippen LogP contribution in [-0.2, 0) is 5.41 Å². The first-order chi connectivity index (χ1) is 17.9. The number of hydrogen-bond acceptors (Lipinski definition) is 1. The van der Waals surface area contributed by atoms with Crippen molar-refractivity contribution in [2.75, 3.05) is 0 Å². The van der Waals surface area contributed by atoms with E-state index in [2.05, 4.69) is 107 Å². The fourth-order valence-electron chi connectivity index (χ4n) is 6.44. The standard InChI is InChI=1S/C36H41N/c1-6-11-29(27(4)37-28(5)30-13-7-8-14-30)18-19-31-15-9-16-33-35(31)32-20-17-26(3)24-34(32)36(33)22-10-12-25(2)21-23-36/h6-10,13,15-16,18-20,22,24-26,29H,1,4,11-12,14,17,21,23H2,2-3,5H3/b19-18-,37-28+.